The van der Waals surface area contributed by atoms with Crippen molar-refractivity contribution in [3.8, 4) is 22.9 Å². The number of halogens is 1. The van der Waals surface area contributed by atoms with Crippen molar-refractivity contribution in [1.29, 1.82) is 0 Å². The topological polar surface area (TPSA) is 93.9 Å². The first kappa shape index (κ1) is 15.7. The van der Waals surface area contributed by atoms with Crippen LogP contribution in [0.2, 0.25) is 0 Å². The Balaban J connectivity index is 1.73. The van der Waals surface area contributed by atoms with Gasteiger partial charge < -0.3 is 9.72 Å². The Bertz CT molecular complexity index is 1110. The molecule has 0 amide bonds. The van der Waals surface area contributed by atoms with E-state index >= 15 is 0 Å². The Hall–Kier alpha value is -3.81. The third-order valence-electron chi connectivity index (χ3n) is 3.80. The highest BCUT2D eigenvalue weighted by molar-refractivity contribution is 5.86. The molecule has 2 aromatic carbocycles. The van der Waals surface area contributed by atoms with E-state index in [0.29, 0.717) is 11.0 Å². The zero-order valence-electron chi connectivity index (χ0n) is 13.2. The zero-order chi connectivity index (χ0) is 18.1. The minimum atomic E-state index is -0.846. The molecule has 1 N–H and O–H groups in total. The number of benzene rings is 2. The maximum atomic E-state index is 14.1. The summed E-state index contributed by atoms with van der Waals surface area (Å²) in [4.78, 5) is 21.4. The number of rotatable bonds is 4. The maximum Gasteiger partial charge on any atom is 0.272 e. The van der Waals surface area contributed by atoms with Gasteiger partial charge in [0, 0.05) is 11.8 Å². The molecule has 2 aromatic heterocycles. The van der Waals surface area contributed by atoms with E-state index in [1.807, 2.05) is 36.4 Å². The summed E-state index contributed by atoms with van der Waals surface area (Å²) in [7, 11) is 0. The summed E-state index contributed by atoms with van der Waals surface area (Å²) in [5, 5.41) is 10.7. The zero-order valence-corrected chi connectivity index (χ0v) is 13.2. The molecule has 0 aliphatic carbocycles. The summed E-state index contributed by atoms with van der Waals surface area (Å²) in [6.45, 7) is 0. The number of aromatic amines is 1. The maximum absolute atomic E-state index is 14.1. The van der Waals surface area contributed by atoms with Crippen molar-refractivity contribution in [2.45, 2.75) is 0 Å². The van der Waals surface area contributed by atoms with Crippen molar-refractivity contribution in [1.82, 2.24) is 15.0 Å². The van der Waals surface area contributed by atoms with Crippen LogP contribution in [0.1, 0.15) is 0 Å². The molecule has 0 radical (unpaired) electrons. The van der Waals surface area contributed by atoms with Crippen molar-refractivity contribution in [2.24, 2.45) is 0 Å². The first-order chi connectivity index (χ1) is 12.6. The van der Waals surface area contributed by atoms with Crippen LogP contribution in [0.4, 0.5) is 10.1 Å². The summed E-state index contributed by atoms with van der Waals surface area (Å²) in [6.07, 6.45) is 1.31. The van der Waals surface area contributed by atoms with Gasteiger partial charge in [-0.15, -0.1) is 0 Å². The number of nitrogens with one attached hydrogen (secondary N) is 1. The van der Waals surface area contributed by atoms with Crippen molar-refractivity contribution in [3.05, 3.63) is 76.9 Å². The molecule has 128 valence electrons. The lowest BCUT2D eigenvalue weighted by molar-refractivity contribution is -0.385. The highest BCUT2D eigenvalue weighted by Crippen LogP contribution is 2.32. The monoisotopic (exact) mass is 350 g/mol. The average Bonchev–Trinajstić information content (AvgIpc) is 3.09. The predicted molar refractivity (Wildman–Crippen MR) is 92.5 cm³/mol. The van der Waals surface area contributed by atoms with E-state index < -0.39 is 10.7 Å². The largest absolute Gasteiger partial charge is 0.434 e. The number of hydrogen-bond acceptors (Lipinski definition) is 5. The first-order valence-corrected chi connectivity index (χ1v) is 7.63. The first-order valence-electron chi connectivity index (χ1n) is 7.63. The van der Waals surface area contributed by atoms with Crippen LogP contribution >= 0.6 is 0 Å². The van der Waals surface area contributed by atoms with Gasteiger partial charge in [0.15, 0.2) is 11.6 Å². The average molecular weight is 350 g/mol. The summed E-state index contributed by atoms with van der Waals surface area (Å²) >= 11 is 0. The van der Waals surface area contributed by atoms with Crippen LogP contribution in [0, 0.1) is 15.9 Å². The molecule has 4 aromatic rings. The number of non-ortho nitro benzene ring substituents is 1. The molecular weight excluding hydrogens is 339 g/mol. The molecule has 0 saturated heterocycles. The lowest BCUT2D eigenvalue weighted by Gasteiger charge is -2.06. The lowest BCUT2D eigenvalue weighted by atomic mass is 10.2. The molecule has 7 nitrogen and oxygen atoms in total. The minimum Gasteiger partial charge on any atom is -0.434 e. The second kappa shape index (κ2) is 6.25. The van der Waals surface area contributed by atoms with Crippen molar-refractivity contribution in [3.63, 3.8) is 0 Å². The Kier molecular flexibility index (Phi) is 3.77. The molecule has 0 aliphatic rings. The van der Waals surface area contributed by atoms with Crippen molar-refractivity contribution >= 4 is 16.7 Å². The molecule has 0 unspecified atom stereocenters. The minimum absolute atomic E-state index is 0.130. The summed E-state index contributed by atoms with van der Waals surface area (Å²) in [5.41, 5.74) is 2.53. The molecular formula is C18H11FN4O3. The second-order valence-corrected chi connectivity index (χ2v) is 5.46. The van der Waals surface area contributed by atoms with E-state index in [1.54, 1.807) is 0 Å². The number of nitro groups is 1. The van der Waals surface area contributed by atoms with Crippen molar-refractivity contribution in [2.75, 3.05) is 0 Å². The van der Waals surface area contributed by atoms with Gasteiger partial charge in [0.1, 0.15) is 11.8 Å². The Labute approximate surface area is 146 Å². The standard InChI is InChI=1S/C18H11FN4O3/c19-13-8-12(23(24)25)6-7-16(13)26-18-17-15(20-10-21-18)9-14(22-17)11-4-2-1-3-5-11/h1-10,22H. The van der Waals surface area contributed by atoms with Crippen LogP contribution in [-0.4, -0.2) is 19.9 Å². The van der Waals surface area contributed by atoms with E-state index in [1.165, 1.54) is 18.5 Å². The van der Waals surface area contributed by atoms with Crippen LogP contribution < -0.4 is 4.74 Å². The molecule has 0 spiro atoms. The fourth-order valence-electron chi connectivity index (χ4n) is 2.56. The van der Waals surface area contributed by atoms with Gasteiger partial charge in [-0.05, 0) is 17.7 Å². The van der Waals surface area contributed by atoms with Gasteiger partial charge >= 0.3 is 0 Å². The molecule has 8 heteroatoms. The normalized spacial score (nSPS) is 10.8. The predicted octanol–water partition coefficient (Wildman–Crippen LogP) is 4.46. The molecule has 0 saturated carbocycles. The summed E-state index contributed by atoms with van der Waals surface area (Å²) < 4.78 is 19.6. The molecule has 0 atom stereocenters. The van der Waals surface area contributed by atoms with Gasteiger partial charge in [0.2, 0.25) is 5.88 Å². The number of aromatic nitrogens is 3. The van der Waals surface area contributed by atoms with E-state index in [0.717, 1.165) is 17.3 Å². The Morgan fingerprint density at radius 3 is 2.62 bits per heavy atom. The van der Waals surface area contributed by atoms with Gasteiger partial charge in [-0.25, -0.2) is 9.37 Å². The number of fused-ring (bicyclic) bond motifs is 1. The number of hydrogen-bond donors (Lipinski definition) is 1. The van der Waals surface area contributed by atoms with Gasteiger partial charge in [-0.2, -0.15) is 4.98 Å². The molecule has 0 bridgehead atoms. The van der Waals surface area contributed by atoms with E-state index in [9.17, 15) is 14.5 Å². The molecule has 2 heterocycles. The van der Waals surface area contributed by atoms with Crippen LogP contribution in [-0.2, 0) is 0 Å². The lowest BCUT2D eigenvalue weighted by Crippen LogP contribution is -1.95. The van der Waals surface area contributed by atoms with Crippen molar-refractivity contribution < 1.29 is 14.1 Å². The van der Waals surface area contributed by atoms with Gasteiger partial charge in [0.05, 0.1) is 16.5 Å². The summed E-state index contributed by atoms with van der Waals surface area (Å²) in [5.74, 6) is -0.878. The van der Waals surface area contributed by atoms with Gasteiger partial charge in [-0.3, -0.25) is 10.1 Å². The fourth-order valence-corrected chi connectivity index (χ4v) is 2.56. The van der Waals surface area contributed by atoms with Crippen LogP contribution in [0.5, 0.6) is 11.6 Å². The quantitative estimate of drug-likeness (QED) is 0.433. The Morgan fingerprint density at radius 2 is 1.88 bits per heavy atom. The summed E-state index contributed by atoms with van der Waals surface area (Å²) in [6, 6.07) is 14.6. The third kappa shape index (κ3) is 2.84. The van der Waals surface area contributed by atoms with Gasteiger partial charge in [-0.1, -0.05) is 30.3 Å². The molecule has 0 fully saturated rings. The molecule has 0 aliphatic heterocycles. The fraction of sp³-hybridized carbons (Fsp3) is 0. The number of nitrogens with zero attached hydrogens (tertiary/aromatic N) is 3. The second-order valence-electron chi connectivity index (χ2n) is 5.46. The van der Waals surface area contributed by atoms with E-state index in [4.69, 9.17) is 4.74 Å². The smallest absolute Gasteiger partial charge is 0.272 e. The SMILES string of the molecule is O=[N+]([O-])c1ccc(Oc2ncnc3cc(-c4ccccc4)[nH]c23)c(F)c1. The molecule has 4 rings (SSSR count). The van der Waals surface area contributed by atoms with E-state index in [2.05, 4.69) is 15.0 Å². The third-order valence-corrected chi connectivity index (χ3v) is 3.80. The van der Waals surface area contributed by atoms with Crippen LogP contribution in [0.15, 0.2) is 60.9 Å². The van der Waals surface area contributed by atoms with Crippen LogP contribution in [0.25, 0.3) is 22.3 Å². The Morgan fingerprint density at radius 1 is 1.08 bits per heavy atom. The van der Waals surface area contributed by atoms with E-state index in [-0.39, 0.29) is 17.3 Å². The highest BCUT2D eigenvalue weighted by Gasteiger charge is 2.16. The molecule has 26 heavy (non-hydrogen) atoms. The number of ether oxygens (including phenoxy) is 1. The highest BCUT2D eigenvalue weighted by atomic mass is 19.1. The number of nitro benzene ring substituents is 1. The van der Waals surface area contributed by atoms with Gasteiger partial charge in [0.25, 0.3) is 5.69 Å². The number of H-pyrrole nitrogens is 1. The van der Waals surface area contributed by atoms with Crippen LogP contribution in [0.3, 0.4) is 0 Å².